The van der Waals surface area contributed by atoms with Crippen LogP contribution in [0.15, 0.2) is 194 Å². The molecule has 11 aromatic rings. The van der Waals surface area contributed by atoms with Crippen molar-refractivity contribution in [2.45, 2.75) is 18.9 Å². The van der Waals surface area contributed by atoms with Crippen molar-refractivity contribution in [1.82, 2.24) is 15.0 Å². The predicted octanol–water partition coefficient (Wildman–Crippen LogP) is 14.4. The monoisotopic (exact) mass is 791 g/mol. The molecule has 4 nitrogen and oxygen atoms in total. The molecule has 0 saturated carbocycles. The average Bonchev–Trinajstić information content (AvgIpc) is 3.34. The van der Waals surface area contributed by atoms with Crippen LogP contribution >= 0.6 is 0 Å². The number of nitrogens with zero attached hydrogens (tertiary/aromatic N) is 3. The highest BCUT2D eigenvalue weighted by Crippen LogP contribution is 2.51. The van der Waals surface area contributed by atoms with Gasteiger partial charge in [-0.1, -0.05) is 164 Å². The average molecular weight is 792 g/mol. The van der Waals surface area contributed by atoms with E-state index < -0.39 is 0 Å². The molecule has 4 heteroatoms. The van der Waals surface area contributed by atoms with Crippen molar-refractivity contribution in [2.75, 3.05) is 0 Å². The van der Waals surface area contributed by atoms with Gasteiger partial charge in [-0.25, -0.2) is 15.0 Å². The molecule has 2 aliphatic rings. The Labute approximate surface area is 358 Å². The number of fused-ring (bicyclic) bond motifs is 11. The van der Waals surface area contributed by atoms with Crippen molar-refractivity contribution in [2.24, 2.45) is 0 Å². The van der Waals surface area contributed by atoms with E-state index in [9.17, 15) is 0 Å². The Bertz CT molecular complexity index is 3550. The summed E-state index contributed by atoms with van der Waals surface area (Å²) in [6, 6.07) is 70.0. The van der Waals surface area contributed by atoms with Crippen LogP contribution in [0.5, 0.6) is 5.75 Å². The van der Waals surface area contributed by atoms with Crippen LogP contribution in [0.25, 0.3) is 99.5 Å². The van der Waals surface area contributed by atoms with Crippen LogP contribution in [0.2, 0.25) is 0 Å². The summed E-state index contributed by atoms with van der Waals surface area (Å²) >= 11 is 0. The summed E-state index contributed by atoms with van der Waals surface area (Å²) < 4.78 is 6.46. The molecule has 1 atom stereocenters. The number of para-hydroxylation sites is 1. The van der Waals surface area contributed by atoms with Gasteiger partial charge in [0.2, 0.25) is 0 Å². The highest BCUT2D eigenvalue weighted by atomic mass is 16.5. The van der Waals surface area contributed by atoms with Crippen LogP contribution in [-0.4, -0.2) is 15.0 Å². The zero-order valence-electron chi connectivity index (χ0n) is 33.7. The van der Waals surface area contributed by atoms with Gasteiger partial charge in [-0.2, -0.15) is 0 Å². The zero-order valence-corrected chi connectivity index (χ0v) is 33.7. The molecule has 0 bridgehead atoms. The largest absolute Gasteiger partial charge is 0.488 e. The summed E-state index contributed by atoms with van der Waals surface area (Å²) in [4.78, 5) is 16.2. The molecular weight excluding hydrogens is 755 g/mol. The molecule has 290 valence electrons. The van der Waals surface area contributed by atoms with Crippen LogP contribution in [0.4, 0.5) is 0 Å². The van der Waals surface area contributed by atoms with Crippen molar-refractivity contribution >= 4 is 43.1 Å². The Kier molecular flexibility index (Phi) is 7.76. The van der Waals surface area contributed by atoms with Crippen molar-refractivity contribution in [1.29, 1.82) is 0 Å². The molecule has 0 fully saturated rings. The number of benzene rings is 10. The lowest BCUT2D eigenvalue weighted by molar-refractivity contribution is 0.302. The number of aromatic nitrogens is 3. The molecule has 0 amide bonds. The maximum Gasteiger partial charge on any atom is 0.164 e. The molecule has 13 rings (SSSR count). The third-order valence-electron chi connectivity index (χ3n) is 13.1. The van der Waals surface area contributed by atoms with Gasteiger partial charge < -0.3 is 4.74 Å². The fourth-order valence-corrected chi connectivity index (χ4v) is 10.1. The summed E-state index contributed by atoms with van der Waals surface area (Å²) in [5, 5.41) is 9.63. The molecule has 0 N–H and O–H groups in total. The minimum atomic E-state index is -0.00719. The van der Waals surface area contributed by atoms with Gasteiger partial charge >= 0.3 is 0 Å². The first kappa shape index (κ1) is 34.9. The van der Waals surface area contributed by atoms with Crippen LogP contribution in [-0.2, 0) is 13.0 Å². The van der Waals surface area contributed by atoms with Gasteiger partial charge in [-0.3, -0.25) is 0 Å². The number of hydrogen-bond donors (Lipinski definition) is 0. The Morgan fingerprint density at radius 1 is 0.371 bits per heavy atom. The quantitative estimate of drug-likeness (QED) is 0.178. The minimum absolute atomic E-state index is 0.00719. The van der Waals surface area contributed by atoms with E-state index in [1.807, 2.05) is 6.07 Å². The Balaban J connectivity index is 1.10. The molecule has 1 unspecified atom stereocenters. The molecule has 1 aliphatic heterocycles. The molecule has 10 aromatic carbocycles. The van der Waals surface area contributed by atoms with E-state index in [2.05, 4.69) is 188 Å². The summed E-state index contributed by atoms with van der Waals surface area (Å²) in [5.41, 5.74) is 12.7. The van der Waals surface area contributed by atoms with Crippen molar-refractivity contribution in [3.8, 4) is 62.2 Å². The maximum atomic E-state index is 6.46. The van der Waals surface area contributed by atoms with Gasteiger partial charge in [0.15, 0.2) is 17.5 Å². The second-order valence-corrected chi connectivity index (χ2v) is 16.7. The van der Waals surface area contributed by atoms with E-state index in [0.29, 0.717) is 24.1 Å². The highest BCUT2D eigenvalue weighted by Gasteiger charge is 2.33. The number of rotatable bonds is 4. The topological polar surface area (TPSA) is 47.9 Å². The lowest BCUT2D eigenvalue weighted by Crippen LogP contribution is -2.16. The second kappa shape index (κ2) is 13.8. The standard InChI is InChI=1S/C58H37N3O/c1-3-14-38-27-42(23-21-35(38)11-1)56-59-57(43-24-22-36-12-2-4-15-39(36)28-43)61-58(60-56)53-33-50-45(34-62-54-20-10-9-19-47(50)54)32-51(53)52-31-44-29-40-16-5-6-17-41(40)30-49(44)48-26-25-37-13-7-8-18-46(37)55(48)52/h1-30,32-33,52H,31,34H2. The van der Waals surface area contributed by atoms with Gasteiger partial charge in [0.1, 0.15) is 12.4 Å². The number of hydrogen-bond acceptors (Lipinski definition) is 4. The molecular formula is C58H37N3O. The van der Waals surface area contributed by atoms with Crippen molar-refractivity contribution in [3.63, 3.8) is 0 Å². The smallest absolute Gasteiger partial charge is 0.164 e. The van der Waals surface area contributed by atoms with Crippen LogP contribution in [0.1, 0.15) is 28.2 Å². The Morgan fingerprint density at radius 3 is 1.63 bits per heavy atom. The lowest BCUT2D eigenvalue weighted by Gasteiger charge is -2.32. The Hall–Kier alpha value is -7.95. The highest BCUT2D eigenvalue weighted by molar-refractivity contribution is 5.98. The first-order chi connectivity index (χ1) is 30.7. The normalized spacial score (nSPS) is 14.0. The van der Waals surface area contributed by atoms with E-state index in [-0.39, 0.29) is 5.92 Å². The molecule has 62 heavy (non-hydrogen) atoms. The fraction of sp³-hybridized carbons (Fsp3) is 0.0517. The third-order valence-corrected chi connectivity index (χ3v) is 13.1. The zero-order chi connectivity index (χ0) is 40.7. The Morgan fingerprint density at radius 2 is 0.919 bits per heavy atom. The van der Waals surface area contributed by atoms with Gasteiger partial charge in [0, 0.05) is 28.2 Å². The van der Waals surface area contributed by atoms with Crippen molar-refractivity contribution < 1.29 is 4.74 Å². The number of ether oxygens (including phenoxy) is 1. The molecule has 0 spiro atoms. The minimum Gasteiger partial charge on any atom is -0.488 e. The summed E-state index contributed by atoms with van der Waals surface area (Å²) in [7, 11) is 0. The van der Waals surface area contributed by atoms with E-state index in [1.165, 1.54) is 60.1 Å². The van der Waals surface area contributed by atoms with Crippen molar-refractivity contribution in [3.05, 3.63) is 216 Å². The maximum absolute atomic E-state index is 6.46. The van der Waals surface area contributed by atoms with Crippen LogP contribution < -0.4 is 4.74 Å². The van der Waals surface area contributed by atoms with Crippen LogP contribution in [0, 0.1) is 0 Å². The molecule has 0 radical (unpaired) electrons. The van der Waals surface area contributed by atoms with Gasteiger partial charge in [0.05, 0.1) is 0 Å². The van der Waals surface area contributed by atoms with Gasteiger partial charge in [-0.05, 0) is 119 Å². The molecule has 0 saturated heterocycles. The lowest BCUT2D eigenvalue weighted by atomic mass is 9.71. The van der Waals surface area contributed by atoms with E-state index in [1.54, 1.807) is 0 Å². The summed E-state index contributed by atoms with van der Waals surface area (Å²) in [5.74, 6) is 2.81. The van der Waals surface area contributed by atoms with E-state index in [0.717, 1.165) is 56.3 Å². The molecule has 2 heterocycles. The molecule has 1 aromatic heterocycles. The van der Waals surface area contributed by atoms with E-state index in [4.69, 9.17) is 19.7 Å². The third kappa shape index (κ3) is 5.64. The second-order valence-electron chi connectivity index (χ2n) is 16.7. The van der Waals surface area contributed by atoms with Gasteiger partial charge in [0.25, 0.3) is 0 Å². The summed E-state index contributed by atoms with van der Waals surface area (Å²) in [6.45, 7) is 0.484. The fourth-order valence-electron chi connectivity index (χ4n) is 10.1. The predicted molar refractivity (Wildman–Crippen MR) is 253 cm³/mol. The first-order valence-corrected chi connectivity index (χ1v) is 21.4. The first-order valence-electron chi connectivity index (χ1n) is 21.4. The van der Waals surface area contributed by atoms with Gasteiger partial charge in [-0.15, -0.1) is 0 Å². The molecule has 1 aliphatic carbocycles. The van der Waals surface area contributed by atoms with E-state index >= 15 is 0 Å². The SMILES string of the molecule is c1ccc2c(c1)OCc1cc(C3Cc4cc5ccccc5cc4-c4ccc5ccccc5c43)c(-c3nc(-c4ccc5ccccc5c4)nc(-c4ccc5ccccc5c4)n3)cc1-2. The summed E-state index contributed by atoms with van der Waals surface area (Å²) in [6.07, 6.45) is 0.824. The van der Waals surface area contributed by atoms with Crippen LogP contribution in [0.3, 0.4) is 0 Å².